The maximum atomic E-state index is 5.91. The molecule has 1 N–H and O–H groups in total. The number of rotatable bonds is 4. The van der Waals surface area contributed by atoms with Gasteiger partial charge in [-0.15, -0.1) is 10.2 Å². The molecule has 5 heteroatoms. The first-order chi connectivity index (χ1) is 11.4. The van der Waals surface area contributed by atoms with Crippen molar-refractivity contribution in [2.75, 3.05) is 0 Å². The standard InChI is InChI=1S/C18H14N4O/c1-2-7-17-13(4-1)5-3-6-15(17)12-23-16-10-8-14(9-11-16)18-19-21-22-20-18/h1-11H,12H2,(H,19,20,21,22). The molecule has 5 nitrogen and oxygen atoms in total. The molecule has 0 spiro atoms. The molecule has 0 atom stereocenters. The van der Waals surface area contributed by atoms with Gasteiger partial charge in [-0.1, -0.05) is 42.5 Å². The molecule has 1 heterocycles. The zero-order valence-electron chi connectivity index (χ0n) is 12.3. The zero-order valence-corrected chi connectivity index (χ0v) is 12.3. The Morgan fingerprint density at radius 2 is 1.70 bits per heavy atom. The molecule has 3 aromatic carbocycles. The molecule has 0 saturated heterocycles. The van der Waals surface area contributed by atoms with Gasteiger partial charge in [0.1, 0.15) is 12.4 Å². The molecule has 4 rings (SSSR count). The number of nitrogens with zero attached hydrogens (tertiary/aromatic N) is 3. The van der Waals surface area contributed by atoms with Crippen LogP contribution in [0.5, 0.6) is 5.75 Å². The van der Waals surface area contributed by atoms with E-state index in [0.717, 1.165) is 11.3 Å². The third-order valence-corrected chi connectivity index (χ3v) is 3.73. The highest BCUT2D eigenvalue weighted by molar-refractivity contribution is 5.85. The Morgan fingerprint density at radius 3 is 2.52 bits per heavy atom. The Balaban J connectivity index is 1.52. The molecular formula is C18H14N4O. The van der Waals surface area contributed by atoms with Gasteiger partial charge in [0.25, 0.3) is 0 Å². The number of hydrogen-bond donors (Lipinski definition) is 1. The number of benzene rings is 3. The molecule has 1 aromatic heterocycles. The van der Waals surface area contributed by atoms with Crippen molar-refractivity contribution in [3.05, 3.63) is 72.3 Å². The van der Waals surface area contributed by atoms with Crippen molar-refractivity contribution in [2.45, 2.75) is 6.61 Å². The van der Waals surface area contributed by atoms with Gasteiger partial charge in [-0.2, -0.15) is 5.21 Å². The smallest absolute Gasteiger partial charge is 0.204 e. The van der Waals surface area contributed by atoms with Crippen molar-refractivity contribution < 1.29 is 4.74 Å². The van der Waals surface area contributed by atoms with E-state index < -0.39 is 0 Å². The average Bonchev–Trinajstić information content (AvgIpc) is 3.15. The number of fused-ring (bicyclic) bond motifs is 1. The summed E-state index contributed by atoms with van der Waals surface area (Å²) >= 11 is 0. The average molecular weight is 302 g/mol. The minimum absolute atomic E-state index is 0.531. The topological polar surface area (TPSA) is 63.7 Å². The Bertz CT molecular complexity index is 912. The van der Waals surface area contributed by atoms with Crippen molar-refractivity contribution in [1.29, 1.82) is 0 Å². The summed E-state index contributed by atoms with van der Waals surface area (Å²) in [5.41, 5.74) is 2.07. The molecule has 0 aliphatic carbocycles. The van der Waals surface area contributed by atoms with Crippen molar-refractivity contribution in [3.63, 3.8) is 0 Å². The Morgan fingerprint density at radius 1 is 0.870 bits per heavy atom. The summed E-state index contributed by atoms with van der Waals surface area (Å²) in [5, 5.41) is 16.4. The van der Waals surface area contributed by atoms with E-state index in [1.165, 1.54) is 16.3 Å². The van der Waals surface area contributed by atoms with Crippen molar-refractivity contribution >= 4 is 10.8 Å². The molecule has 0 amide bonds. The number of ether oxygens (including phenoxy) is 1. The molecule has 4 aromatic rings. The zero-order chi connectivity index (χ0) is 15.5. The normalized spacial score (nSPS) is 10.8. The maximum Gasteiger partial charge on any atom is 0.204 e. The van der Waals surface area contributed by atoms with Crippen LogP contribution >= 0.6 is 0 Å². The lowest BCUT2D eigenvalue weighted by molar-refractivity contribution is 0.308. The van der Waals surface area contributed by atoms with E-state index in [2.05, 4.69) is 51.0 Å². The fourth-order valence-electron chi connectivity index (χ4n) is 2.56. The first-order valence-corrected chi connectivity index (χ1v) is 7.33. The molecule has 0 aliphatic heterocycles. The molecule has 0 unspecified atom stereocenters. The van der Waals surface area contributed by atoms with Crippen LogP contribution in [-0.2, 0) is 6.61 Å². The highest BCUT2D eigenvalue weighted by atomic mass is 16.5. The Labute approximate surface area is 132 Å². The van der Waals surface area contributed by atoms with Gasteiger partial charge in [0.15, 0.2) is 0 Å². The number of aromatic amines is 1. The summed E-state index contributed by atoms with van der Waals surface area (Å²) in [7, 11) is 0. The minimum Gasteiger partial charge on any atom is -0.489 e. The van der Waals surface area contributed by atoms with E-state index in [-0.39, 0.29) is 0 Å². The molecular weight excluding hydrogens is 288 g/mol. The highest BCUT2D eigenvalue weighted by Crippen LogP contribution is 2.22. The molecule has 23 heavy (non-hydrogen) atoms. The van der Waals surface area contributed by atoms with Gasteiger partial charge in [0.2, 0.25) is 5.82 Å². The first-order valence-electron chi connectivity index (χ1n) is 7.33. The van der Waals surface area contributed by atoms with Gasteiger partial charge < -0.3 is 4.74 Å². The summed E-state index contributed by atoms with van der Waals surface area (Å²) in [6.07, 6.45) is 0. The Hall–Kier alpha value is -3.21. The van der Waals surface area contributed by atoms with E-state index in [9.17, 15) is 0 Å². The number of nitrogens with one attached hydrogen (secondary N) is 1. The quantitative estimate of drug-likeness (QED) is 0.625. The first kappa shape index (κ1) is 13.5. The van der Waals surface area contributed by atoms with Gasteiger partial charge in [0, 0.05) is 5.56 Å². The lowest BCUT2D eigenvalue weighted by atomic mass is 10.1. The lowest BCUT2D eigenvalue weighted by Crippen LogP contribution is -1.96. The van der Waals surface area contributed by atoms with Crippen molar-refractivity contribution in [1.82, 2.24) is 20.6 Å². The third-order valence-electron chi connectivity index (χ3n) is 3.73. The van der Waals surface area contributed by atoms with Crippen LogP contribution in [0.3, 0.4) is 0 Å². The summed E-state index contributed by atoms with van der Waals surface area (Å²) in [6, 6.07) is 22.2. The fraction of sp³-hybridized carbons (Fsp3) is 0.0556. The lowest BCUT2D eigenvalue weighted by Gasteiger charge is -2.09. The van der Waals surface area contributed by atoms with E-state index in [1.54, 1.807) is 0 Å². The molecule has 112 valence electrons. The van der Waals surface area contributed by atoms with Crippen LogP contribution in [0, 0.1) is 0 Å². The largest absolute Gasteiger partial charge is 0.489 e. The third kappa shape index (κ3) is 2.76. The second-order valence-electron chi connectivity index (χ2n) is 5.19. The van der Waals surface area contributed by atoms with Gasteiger partial charge >= 0.3 is 0 Å². The highest BCUT2D eigenvalue weighted by Gasteiger charge is 2.04. The molecule has 0 fully saturated rings. The van der Waals surface area contributed by atoms with Crippen LogP contribution < -0.4 is 4.74 Å². The fourth-order valence-corrected chi connectivity index (χ4v) is 2.56. The van der Waals surface area contributed by atoms with Crippen LogP contribution in [-0.4, -0.2) is 20.6 Å². The van der Waals surface area contributed by atoms with Crippen LogP contribution in [0.4, 0.5) is 0 Å². The summed E-state index contributed by atoms with van der Waals surface area (Å²) in [6.45, 7) is 0.531. The van der Waals surface area contributed by atoms with E-state index in [1.807, 2.05) is 36.4 Å². The van der Waals surface area contributed by atoms with Crippen LogP contribution in [0.2, 0.25) is 0 Å². The van der Waals surface area contributed by atoms with Crippen molar-refractivity contribution in [2.24, 2.45) is 0 Å². The summed E-state index contributed by atoms with van der Waals surface area (Å²) in [4.78, 5) is 0. The second kappa shape index (κ2) is 5.88. The van der Waals surface area contributed by atoms with E-state index >= 15 is 0 Å². The predicted molar refractivity (Wildman–Crippen MR) is 87.9 cm³/mol. The molecule has 0 bridgehead atoms. The molecule has 0 aliphatic rings. The van der Waals surface area contributed by atoms with Crippen LogP contribution in [0.25, 0.3) is 22.2 Å². The van der Waals surface area contributed by atoms with E-state index in [4.69, 9.17) is 4.74 Å². The van der Waals surface area contributed by atoms with Gasteiger partial charge in [-0.3, -0.25) is 0 Å². The van der Waals surface area contributed by atoms with Crippen LogP contribution in [0.15, 0.2) is 66.7 Å². The number of H-pyrrole nitrogens is 1. The van der Waals surface area contributed by atoms with Crippen molar-refractivity contribution in [3.8, 4) is 17.1 Å². The van der Waals surface area contributed by atoms with Gasteiger partial charge in [0.05, 0.1) is 0 Å². The number of tetrazole rings is 1. The SMILES string of the molecule is c1ccc2c(COc3ccc(-c4nn[nH]n4)cc3)cccc2c1. The summed E-state index contributed by atoms with van der Waals surface area (Å²) in [5.74, 6) is 1.38. The minimum atomic E-state index is 0.531. The maximum absolute atomic E-state index is 5.91. The second-order valence-corrected chi connectivity index (χ2v) is 5.19. The van der Waals surface area contributed by atoms with Gasteiger partial charge in [-0.05, 0) is 45.8 Å². The monoisotopic (exact) mass is 302 g/mol. The number of aromatic nitrogens is 4. The number of hydrogen-bond acceptors (Lipinski definition) is 4. The van der Waals surface area contributed by atoms with E-state index in [0.29, 0.717) is 12.4 Å². The molecule has 0 radical (unpaired) electrons. The molecule has 0 saturated carbocycles. The van der Waals surface area contributed by atoms with Crippen LogP contribution in [0.1, 0.15) is 5.56 Å². The predicted octanol–water partition coefficient (Wildman–Crippen LogP) is 3.60. The van der Waals surface area contributed by atoms with Gasteiger partial charge in [-0.25, -0.2) is 0 Å². The summed E-state index contributed by atoms with van der Waals surface area (Å²) < 4.78 is 5.91. The Kier molecular flexibility index (Phi) is 3.44.